The first-order valence-electron chi connectivity index (χ1n) is 9.66. The van der Waals surface area contributed by atoms with Crippen molar-refractivity contribution in [3.63, 3.8) is 0 Å². The largest absolute Gasteiger partial charge is 0.416 e. The number of Topliss-reactive ketones (excluding diaryl/α,β-unsaturated/α-hetero) is 1. The molecule has 0 N–H and O–H groups in total. The molecule has 0 radical (unpaired) electrons. The van der Waals surface area contributed by atoms with Crippen LogP contribution in [0.5, 0.6) is 0 Å². The Morgan fingerprint density at radius 1 is 1.03 bits per heavy atom. The van der Waals surface area contributed by atoms with Crippen molar-refractivity contribution in [2.75, 3.05) is 0 Å². The standard InChI is InChI=1S/C24H16ClF5OS/c1-12(22(31)13-7-14(24(28,29)30)9-16(27)8-13)17-3-2-4-18-20(17)11-32-23(18)19-10-15(26)5-6-21(19)25/h2-10,12,23H,11H2,1H3. The molecule has 0 bridgehead atoms. The van der Waals surface area contributed by atoms with Crippen LogP contribution >= 0.6 is 23.4 Å². The van der Waals surface area contributed by atoms with Crippen molar-refractivity contribution >= 4 is 29.1 Å². The summed E-state index contributed by atoms with van der Waals surface area (Å²) in [5, 5.41) is 0.187. The van der Waals surface area contributed by atoms with Gasteiger partial charge in [0.25, 0.3) is 0 Å². The molecule has 8 heteroatoms. The van der Waals surface area contributed by atoms with E-state index < -0.39 is 35.1 Å². The van der Waals surface area contributed by atoms with Crippen LogP contribution in [-0.2, 0) is 11.9 Å². The lowest BCUT2D eigenvalue weighted by atomic mass is 9.86. The fraction of sp³-hybridized carbons (Fsp3) is 0.208. The Bertz CT molecular complexity index is 1210. The van der Waals surface area contributed by atoms with Gasteiger partial charge in [0.1, 0.15) is 11.6 Å². The third kappa shape index (κ3) is 4.28. The molecule has 0 fully saturated rings. The van der Waals surface area contributed by atoms with Gasteiger partial charge in [-0.15, -0.1) is 11.8 Å². The maximum Gasteiger partial charge on any atom is 0.416 e. The van der Waals surface area contributed by atoms with Crippen molar-refractivity contribution in [3.8, 4) is 0 Å². The fourth-order valence-electron chi connectivity index (χ4n) is 3.96. The smallest absolute Gasteiger partial charge is 0.294 e. The maximum absolute atomic E-state index is 13.8. The summed E-state index contributed by atoms with van der Waals surface area (Å²) in [6, 6.07) is 11.4. The molecule has 0 aliphatic carbocycles. The van der Waals surface area contributed by atoms with Gasteiger partial charge in [0.2, 0.25) is 0 Å². The number of halogens is 6. The van der Waals surface area contributed by atoms with Crippen molar-refractivity contribution in [2.45, 2.75) is 30.0 Å². The Kier molecular flexibility index (Phi) is 6.07. The highest BCUT2D eigenvalue weighted by Crippen LogP contribution is 2.50. The van der Waals surface area contributed by atoms with Gasteiger partial charge in [-0.2, -0.15) is 13.2 Å². The summed E-state index contributed by atoms with van der Waals surface area (Å²) >= 11 is 7.80. The zero-order valence-electron chi connectivity index (χ0n) is 16.6. The van der Waals surface area contributed by atoms with Gasteiger partial charge >= 0.3 is 6.18 Å². The molecule has 3 aromatic carbocycles. The molecule has 1 aliphatic heterocycles. The van der Waals surface area contributed by atoms with Crippen LogP contribution in [0.3, 0.4) is 0 Å². The Hall–Kier alpha value is -2.38. The normalized spacial score (nSPS) is 16.7. The second kappa shape index (κ2) is 8.52. The number of hydrogen-bond donors (Lipinski definition) is 0. The fourth-order valence-corrected chi connectivity index (χ4v) is 5.69. The zero-order chi connectivity index (χ0) is 23.2. The number of carbonyl (C=O) groups is 1. The first-order chi connectivity index (χ1) is 15.1. The van der Waals surface area contributed by atoms with E-state index in [1.807, 2.05) is 6.07 Å². The monoisotopic (exact) mass is 482 g/mol. The average molecular weight is 483 g/mol. The molecule has 0 amide bonds. The van der Waals surface area contributed by atoms with Crippen molar-refractivity contribution in [3.05, 3.63) is 105 Å². The SMILES string of the molecule is CC(C(=O)c1cc(F)cc(C(F)(F)F)c1)c1cccc2c1CSC2c1cc(F)ccc1Cl. The van der Waals surface area contributed by atoms with Crippen LogP contribution in [0.25, 0.3) is 0 Å². The van der Waals surface area contributed by atoms with Crippen LogP contribution in [-0.4, -0.2) is 5.78 Å². The summed E-state index contributed by atoms with van der Waals surface area (Å²) in [5.74, 6) is -2.41. The molecule has 32 heavy (non-hydrogen) atoms. The average Bonchev–Trinajstić information content (AvgIpc) is 3.17. The Morgan fingerprint density at radius 2 is 1.78 bits per heavy atom. The quantitative estimate of drug-likeness (QED) is 0.277. The van der Waals surface area contributed by atoms with Gasteiger partial charge in [-0.1, -0.05) is 36.7 Å². The van der Waals surface area contributed by atoms with Crippen LogP contribution in [0.4, 0.5) is 22.0 Å². The predicted octanol–water partition coefficient (Wildman–Crippen LogP) is 7.96. The van der Waals surface area contributed by atoms with E-state index >= 15 is 0 Å². The molecule has 166 valence electrons. The minimum absolute atomic E-state index is 0.235. The summed E-state index contributed by atoms with van der Waals surface area (Å²) < 4.78 is 66.8. The van der Waals surface area contributed by atoms with E-state index in [0.717, 1.165) is 17.2 Å². The molecule has 4 rings (SSSR count). The minimum atomic E-state index is -4.76. The van der Waals surface area contributed by atoms with Crippen molar-refractivity contribution in [2.24, 2.45) is 0 Å². The molecule has 0 aromatic heterocycles. The number of rotatable bonds is 4. The third-order valence-corrected chi connectivity index (χ3v) is 7.18. The van der Waals surface area contributed by atoms with Gasteiger partial charge in [-0.3, -0.25) is 4.79 Å². The molecule has 1 aliphatic rings. The number of hydrogen-bond acceptors (Lipinski definition) is 2. The summed E-state index contributed by atoms with van der Waals surface area (Å²) in [4.78, 5) is 13.0. The number of fused-ring (bicyclic) bond motifs is 1. The van der Waals surface area contributed by atoms with E-state index in [4.69, 9.17) is 11.6 Å². The van der Waals surface area contributed by atoms with E-state index in [1.165, 1.54) is 30.0 Å². The van der Waals surface area contributed by atoms with Gasteiger partial charge in [-0.05, 0) is 58.7 Å². The van der Waals surface area contributed by atoms with Crippen LogP contribution in [0.15, 0.2) is 54.6 Å². The minimum Gasteiger partial charge on any atom is -0.294 e. The summed E-state index contributed by atoms with van der Waals surface area (Å²) in [7, 11) is 0. The lowest BCUT2D eigenvalue weighted by molar-refractivity contribution is -0.137. The van der Waals surface area contributed by atoms with Crippen molar-refractivity contribution < 1.29 is 26.7 Å². The predicted molar refractivity (Wildman–Crippen MR) is 115 cm³/mol. The molecule has 1 heterocycles. The highest BCUT2D eigenvalue weighted by molar-refractivity contribution is 7.99. The summed E-state index contributed by atoms with van der Waals surface area (Å²) in [6.07, 6.45) is -4.76. The summed E-state index contributed by atoms with van der Waals surface area (Å²) in [6.45, 7) is 1.59. The molecule has 2 unspecified atom stereocenters. The summed E-state index contributed by atoms with van der Waals surface area (Å²) in [5.41, 5.74) is 1.45. The van der Waals surface area contributed by atoms with E-state index in [-0.39, 0.29) is 10.8 Å². The van der Waals surface area contributed by atoms with Gasteiger partial charge in [0.05, 0.1) is 10.8 Å². The molecule has 0 saturated heterocycles. The van der Waals surface area contributed by atoms with Gasteiger partial charge in [0, 0.05) is 22.3 Å². The van der Waals surface area contributed by atoms with Crippen LogP contribution in [0.2, 0.25) is 5.02 Å². The van der Waals surface area contributed by atoms with Crippen molar-refractivity contribution in [1.82, 2.24) is 0 Å². The molecule has 3 aromatic rings. The molecule has 2 atom stereocenters. The second-order valence-electron chi connectivity index (χ2n) is 7.58. The molecule has 0 saturated carbocycles. The molecular formula is C24H16ClF5OS. The van der Waals surface area contributed by atoms with E-state index in [9.17, 15) is 26.7 Å². The molecule has 1 nitrogen and oxygen atoms in total. The Morgan fingerprint density at radius 3 is 2.50 bits per heavy atom. The van der Waals surface area contributed by atoms with Crippen LogP contribution < -0.4 is 0 Å². The Labute approximate surface area is 190 Å². The maximum atomic E-state index is 13.8. The number of alkyl halides is 3. The third-order valence-electron chi connectivity index (χ3n) is 5.54. The molecule has 0 spiro atoms. The van der Waals surface area contributed by atoms with E-state index in [0.29, 0.717) is 34.0 Å². The van der Waals surface area contributed by atoms with Gasteiger partial charge < -0.3 is 0 Å². The van der Waals surface area contributed by atoms with Gasteiger partial charge in [-0.25, -0.2) is 8.78 Å². The van der Waals surface area contributed by atoms with Crippen molar-refractivity contribution in [1.29, 1.82) is 0 Å². The number of carbonyl (C=O) groups excluding carboxylic acids is 1. The number of thioether (sulfide) groups is 1. The number of benzene rings is 3. The zero-order valence-corrected chi connectivity index (χ0v) is 18.2. The second-order valence-corrected chi connectivity index (χ2v) is 9.08. The number of ketones is 1. The first-order valence-corrected chi connectivity index (χ1v) is 11.1. The highest BCUT2D eigenvalue weighted by Gasteiger charge is 2.34. The first kappa shape index (κ1) is 22.8. The highest BCUT2D eigenvalue weighted by atomic mass is 35.5. The topological polar surface area (TPSA) is 17.1 Å². The lowest BCUT2D eigenvalue weighted by Crippen LogP contribution is -2.14. The molecular weight excluding hydrogens is 467 g/mol. The van der Waals surface area contributed by atoms with Crippen LogP contribution in [0, 0.1) is 11.6 Å². The Balaban J connectivity index is 1.71. The van der Waals surface area contributed by atoms with E-state index in [2.05, 4.69) is 0 Å². The van der Waals surface area contributed by atoms with Crippen LogP contribution in [0.1, 0.15) is 56.3 Å². The van der Waals surface area contributed by atoms with Gasteiger partial charge in [0.15, 0.2) is 5.78 Å². The lowest BCUT2D eigenvalue weighted by Gasteiger charge is -2.18. The van der Waals surface area contributed by atoms with E-state index in [1.54, 1.807) is 19.1 Å².